The Hall–Kier alpha value is -2.87. The number of fused-ring (bicyclic) bond motifs is 1. The molecule has 0 aliphatic carbocycles. The van der Waals surface area contributed by atoms with E-state index in [9.17, 15) is 18.0 Å². The number of carbonyl (C=O) groups is 2. The van der Waals surface area contributed by atoms with Crippen molar-refractivity contribution in [3.63, 3.8) is 0 Å². The van der Waals surface area contributed by atoms with E-state index in [4.69, 9.17) is 4.74 Å². The lowest BCUT2D eigenvalue weighted by Crippen LogP contribution is -2.34. The minimum atomic E-state index is -3.35. The summed E-state index contributed by atoms with van der Waals surface area (Å²) in [5.74, 6) is -0.811. The molecule has 0 aromatic heterocycles. The van der Waals surface area contributed by atoms with E-state index < -0.39 is 16.0 Å². The normalized spacial score (nSPS) is 13.6. The van der Waals surface area contributed by atoms with Crippen molar-refractivity contribution in [2.75, 3.05) is 29.5 Å². The predicted octanol–water partition coefficient (Wildman–Crippen LogP) is 2.75. The Bertz CT molecular complexity index is 1050. The number of nitrogens with zero attached hydrogens (tertiary/aromatic N) is 1. The van der Waals surface area contributed by atoms with Crippen molar-refractivity contribution < 1.29 is 22.7 Å². The maximum Gasteiger partial charge on any atom is 0.337 e. The van der Waals surface area contributed by atoms with Gasteiger partial charge < -0.3 is 10.1 Å². The highest BCUT2D eigenvalue weighted by molar-refractivity contribution is 7.92. The first kappa shape index (κ1) is 19.9. The Balaban J connectivity index is 1.88. The van der Waals surface area contributed by atoms with E-state index >= 15 is 0 Å². The second-order valence-corrected chi connectivity index (χ2v) is 8.66. The third-order valence-electron chi connectivity index (χ3n) is 4.72. The quantitative estimate of drug-likeness (QED) is 0.794. The summed E-state index contributed by atoms with van der Waals surface area (Å²) in [5, 5.41) is 2.82. The van der Waals surface area contributed by atoms with Crippen molar-refractivity contribution in [3.8, 4) is 0 Å². The molecule has 0 saturated heterocycles. The van der Waals surface area contributed by atoms with Crippen molar-refractivity contribution in [1.82, 2.24) is 0 Å². The average molecular weight is 402 g/mol. The first-order chi connectivity index (χ1) is 13.2. The molecule has 0 unspecified atom stereocenters. The van der Waals surface area contributed by atoms with Crippen LogP contribution < -0.4 is 9.62 Å². The van der Waals surface area contributed by atoms with Gasteiger partial charge in [0.05, 0.1) is 24.6 Å². The number of benzene rings is 2. The maximum absolute atomic E-state index is 12.7. The fraction of sp³-hybridized carbons (Fsp3) is 0.300. The largest absolute Gasteiger partial charge is 0.465 e. The molecule has 7 nitrogen and oxygen atoms in total. The smallest absolute Gasteiger partial charge is 0.337 e. The molecule has 2 aromatic carbocycles. The van der Waals surface area contributed by atoms with Gasteiger partial charge in [-0.25, -0.2) is 13.2 Å². The molecule has 0 radical (unpaired) electrons. The predicted molar refractivity (Wildman–Crippen MR) is 107 cm³/mol. The number of hydrogen-bond donors (Lipinski definition) is 1. The zero-order valence-electron chi connectivity index (χ0n) is 16.0. The molecule has 1 aliphatic heterocycles. The second-order valence-electron chi connectivity index (χ2n) is 6.76. The Morgan fingerprint density at radius 3 is 2.50 bits per heavy atom. The number of rotatable bonds is 4. The maximum atomic E-state index is 12.7. The molecular weight excluding hydrogens is 380 g/mol. The number of ether oxygens (including phenoxy) is 1. The molecule has 0 bridgehead atoms. The Morgan fingerprint density at radius 2 is 1.82 bits per heavy atom. The fourth-order valence-electron chi connectivity index (χ4n) is 3.24. The number of sulfonamides is 1. The van der Waals surface area contributed by atoms with Crippen LogP contribution in [0.25, 0.3) is 0 Å². The van der Waals surface area contributed by atoms with Crippen molar-refractivity contribution in [3.05, 3.63) is 58.7 Å². The second kappa shape index (κ2) is 7.63. The summed E-state index contributed by atoms with van der Waals surface area (Å²) in [6.45, 7) is 2.27. The Morgan fingerprint density at radius 1 is 1.11 bits per heavy atom. The number of anilines is 2. The van der Waals surface area contributed by atoms with Gasteiger partial charge in [0.1, 0.15) is 0 Å². The molecule has 148 valence electrons. The lowest BCUT2D eigenvalue weighted by atomic mass is 10.0. The van der Waals surface area contributed by atoms with Crippen molar-refractivity contribution in [2.45, 2.75) is 19.8 Å². The number of hydrogen-bond acceptors (Lipinski definition) is 5. The zero-order valence-corrected chi connectivity index (χ0v) is 16.8. The van der Waals surface area contributed by atoms with Crippen molar-refractivity contribution >= 4 is 33.3 Å². The van der Waals surface area contributed by atoms with Gasteiger partial charge >= 0.3 is 5.97 Å². The third kappa shape index (κ3) is 4.01. The summed E-state index contributed by atoms with van der Waals surface area (Å²) in [6.07, 6.45) is 2.59. The molecule has 1 amide bonds. The molecule has 0 spiro atoms. The molecule has 1 N–H and O–H groups in total. The molecule has 3 rings (SSSR count). The van der Waals surface area contributed by atoms with Gasteiger partial charge in [-0.3, -0.25) is 9.10 Å². The number of carbonyl (C=O) groups excluding carboxylic acids is 2. The topological polar surface area (TPSA) is 92.8 Å². The van der Waals surface area contributed by atoms with Crippen LogP contribution in [0.5, 0.6) is 0 Å². The number of methoxy groups -OCH3 is 1. The van der Waals surface area contributed by atoms with E-state index in [2.05, 4.69) is 5.32 Å². The van der Waals surface area contributed by atoms with E-state index in [1.807, 2.05) is 6.92 Å². The molecule has 0 atom stereocenters. The van der Waals surface area contributed by atoms with E-state index in [0.29, 0.717) is 41.9 Å². The summed E-state index contributed by atoms with van der Waals surface area (Å²) in [6, 6.07) is 9.94. The third-order valence-corrected chi connectivity index (χ3v) is 5.90. The highest BCUT2D eigenvalue weighted by atomic mass is 32.2. The van der Waals surface area contributed by atoms with Crippen LogP contribution in [0, 0.1) is 6.92 Å². The van der Waals surface area contributed by atoms with Crippen molar-refractivity contribution in [1.29, 1.82) is 0 Å². The molecule has 2 aromatic rings. The SMILES string of the molecule is COC(=O)c1ccc(C)c(NC(=O)c2ccc3c(c2)CCCN3S(C)(=O)=O)c1. The molecular formula is C20H22N2O5S. The molecule has 0 saturated carbocycles. The van der Waals surface area contributed by atoms with Gasteiger partial charge in [0.15, 0.2) is 0 Å². The summed E-state index contributed by atoms with van der Waals surface area (Å²) in [5.41, 5.74) is 3.54. The van der Waals surface area contributed by atoms with Gasteiger partial charge in [-0.1, -0.05) is 6.07 Å². The molecule has 8 heteroatoms. The van der Waals surface area contributed by atoms with Crippen LogP contribution in [-0.4, -0.2) is 40.2 Å². The van der Waals surface area contributed by atoms with E-state index in [1.54, 1.807) is 36.4 Å². The number of nitrogens with one attached hydrogen (secondary N) is 1. The van der Waals surface area contributed by atoms with Crippen molar-refractivity contribution in [2.24, 2.45) is 0 Å². The lowest BCUT2D eigenvalue weighted by molar-refractivity contribution is 0.0600. The average Bonchev–Trinajstić information content (AvgIpc) is 2.67. The van der Waals surface area contributed by atoms with Gasteiger partial charge in [-0.2, -0.15) is 0 Å². The van der Waals surface area contributed by atoms with Gasteiger partial charge in [0.2, 0.25) is 10.0 Å². The molecule has 0 fully saturated rings. The summed E-state index contributed by atoms with van der Waals surface area (Å²) < 4.78 is 30.0. The van der Waals surface area contributed by atoms with Gasteiger partial charge in [-0.05, 0) is 61.2 Å². The first-order valence-electron chi connectivity index (χ1n) is 8.81. The van der Waals surface area contributed by atoms with Gasteiger partial charge in [0.25, 0.3) is 5.91 Å². The first-order valence-corrected chi connectivity index (χ1v) is 10.7. The standard InChI is InChI=1S/C20H22N2O5S/c1-13-6-7-16(20(24)27-2)12-17(13)21-19(23)15-8-9-18-14(11-15)5-4-10-22(18)28(3,25)26/h6-9,11-12H,4-5,10H2,1-3H3,(H,21,23). The van der Waals surface area contributed by atoms with Crippen LogP contribution in [0.1, 0.15) is 38.3 Å². The highest BCUT2D eigenvalue weighted by Gasteiger charge is 2.24. The van der Waals surface area contributed by atoms with Crippen LogP contribution >= 0.6 is 0 Å². The highest BCUT2D eigenvalue weighted by Crippen LogP contribution is 2.30. The minimum absolute atomic E-state index is 0.329. The summed E-state index contributed by atoms with van der Waals surface area (Å²) in [7, 11) is -2.05. The Kier molecular flexibility index (Phi) is 5.42. The minimum Gasteiger partial charge on any atom is -0.465 e. The Labute approximate surface area is 164 Å². The molecule has 28 heavy (non-hydrogen) atoms. The summed E-state index contributed by atoms with van der Waals surface area (Å²) in [4.78, 5) is 24.4. The van der Waals surface area contributed by atoms with Crippen LogP contribution in [0.15, 0.2) is 36.4 Å². The fourth-order valence-corrected chi connectivity index (χ4v) is 4.24. The van der Waals surface area contributed by atoms with Crippen LogP contribution in [0.3, 0.4) is 0 Å². The number of aryl methyl sites for hydroxylation is 2. The van der Waals surface area contributed by atoms with Crippen LogP contribution in [0.4, 0.5) is 11.4 Å². The molecule has 1 heterocycles. The lowest BCUT2D eigenvalue weighted by Gasteiger charge is -2.29. The van der Waals surface area contributed by atoms with Crippen LogP contribution in [-0.2, 0) is 21.2 Å². The van der Waals surface area contributed by atoms with Gasteiger partial charge in [0, 0.05) is 17.8 Å². The number of amides is 1. The van der Waals surface area contributed by atoms with E-state index in [0.717, 1.165) is 11.1 Å². The van der Waals surface area contributed by atoms with E-state index in [-0.39, 0.29) is 5.91 Å². The zero-order chi connectivity index (χ0) is 20.5. The monoisotopic (exact) mass is 402 g/mol. The van der Waals surface area contributed by atoms with E-state index in [1.165, 1.54) is 17.7 Å². The molecule has 1 aliphatic rings. The number of esters is 1. The van der Waals surface area contributed by atoms with Crippen LogP contribution in [0.2, 0.25) is 0 Å². The van der Waals surface area contributed by atoms with Gasteiger partial charge in [-0.15, -0.1) is 0 Å². The summed E-state index contributed by atoms with van der Waals surface area (Å²) >= 11 is 0.